The number of anilines is 4. The van der Waals surface area contributed by atoms with E-state index in [1.807, 2.05) is 42.5 Å². The molecule has 0 spiro atoms. The van der Waals surface area contributed by atoms with E-state index < -0.39 is 0 Å². The maximum Gasteiger partial charge on any atom is 0.227 e. The number of rotatable bonds is 6. The van der Waals surface area contributed by atoms with Crippen LogP contribution in [0, 0.1) is 0 Å². The quantitative estimate of drug-likeness (QED) is 0.532. The van der Waals surface area contributed by atoms with Crippen LogP contribution < -0.4 is 20.9 Å². The van der Waals surface area contributed by atoms with E-state index >= 15 is 0 Å². The number of nitrogens with zero attached hydrogens (tertiary/aromatic N) is 3. The van der Waals surface area contributed by atoms with E-state index in [0.29, 0.717) is 5.95 Å². The van der Waals surface area contributed by atoms with Gasteiger partial charge < -0.3 is 20.9 Å². The van der Waals surface area contributed by atoms with Crippen LogP contribution in [0.4, 0.5) is 23.0 Å². The molecule has 1 aliphatic heterocycles. The molecule has 4 rings (SSSR count). The molecule has 33 heavy (non-hydrogen) atoms. The van der Waals surface area contributed by atoms with Crippen molar-refractivity contribution in [3.8, 4) is 11.3 Å². The topological polar surface area (TPSA) is 99.3 Å². The molecular weight excluding hydrogens is 416 g/mol. The molecule has 1 aromatic heterocycles. The van der Waals surface area contributed by atoms with E-state index in [-0.39, 0.29) is 17.9 Å². The zero-order chi connectivity index (χ0) is 23.2. The average Bonchev–Trinajstić information content (AvgIpc) is 2.80. The number of hydrogen-bond acceptors (Lipinski definition) is 6. The summed E-state index contributed by atoms with van der Waals surface area (Å²) in [6, 6.07) is 17.9. The molecule has 1 aliphatic rings. The largest absolute Gasteiger partial charge is 0.371 e. The monoisotopic (exact) mass is 444 g/mol. The highest BCUT2D eigenvalue weighted by Gasteiger charge is 2.19. The molecule has 0 atom stereocenters. The van der Waals surface area contributed by atoms with Gasteiger partial charge in [0.25, 0.3) is 0 Å². The molecule has 170 valence electrons. The molecule has 1 fully saturated rings. The van der Waals surface area contributed by atoms with Crippen molar-refractivity contribution in [1.29, 1.82) is 0 Å². The van der Waals surface area contributed by atoms with Gasteiger partial charge in [-0.1, -0.05) is 12.1 Å². The summed E-state index contributed by atoms with van der Waals surface area (Å²) in [6.45, 7) is 4.90. The molecule has 0 unspecified atom stereocenters. The summed E-state index contributed by atoms with van der Waals surface area (Å²) in [5, 5.41) is 9.04. The molecular formula is C25H28N6O2. The molecule has 3 aromatic rings. The summed E-state index contributed by atoms with van der Waals surface area (Å²) in [4.78, 5) is 33.7. The highest BCUT2D eigenvalue weighted by atomic mass is 16.2. The molecule has 0 aliphatic carbocycles. The first-order valence-corrected chi connectivity index (χ1v) is 11.1. The van der Waals surface area contributed by atoms with Crippen molar-refractivity contribution in [3.63, 3.8) is 0 Å². The molecule has 0 saturated carbocycles. The van der Waals surface area contributed by atoms with E-state index in [9.17, 15) is 9.59 Å². The fourth-order valence-electron chi connectivity index (χ4n) is 3.96. The molecule has 0 radical (unpaired) electrons. The molecule has 8 nitrogen and oxygen atoms in total. The average molecular weight is 445 g/mol. The Balaban J connectivity index is 1.38. The number of carbonyl (C=O) groups is 2. The van der Waals surface area contributed by atoms with Crippen LogP contribution in [0.5, 0.6) is 0 Å². The first-order valence-electron chi connectivity index (χ1n) is 11.1. The van der Waals surface area contributed by atoms with Gasteiger partial charge in [-0.2, -0.15) is 0 Å². The van der Waals surface area contributed by atoms with E-state index in [1.165, 1.54) is 6.92 Å². The van der Waals surface area contributed by atoms with Gasteiger partial charge in [-0.3, -0.25) is 9.59 Å². The van der Waals surface area contributed by atoms with Gasteiger partial charge in [0, 0.05) is 61.8 Å². The van der Waals surface area contributed by atoms with Crippen molar-refractivity contribution < 1.29 is 9.59 Å². The van der Waals surface area contributed by atoms with Crippen LogP contribution in [-0.4, -0.2) is 40.9 Å². The van der Waals surface area contributed by atoms with Crippen LogP contribution in [0.25, 0.3) is 11.3 Å². The van der Waals surface area contributed by atoms with Gasteiger partial charge in [-0.25, -0.2) is 9.97 Å². The number of aromatic nitrogens is 2. The first-order chi connectivity index (χ1) is 16.0. The summed E-state index contributed by atoms with van der Waals surface area (Å²) >= 11 is 0. The number of amides is 2. The van der Waals surface area contributed by atoms with Crippen molar-refractivity contribution in [1.82, 2.24) is 15.3 Å². The van der Waals surface area contributed by atoms with Crippen molar-refractivity contribution in [2.45, 2.75) is 32.7 Å². The number of piperidine rings is 1. The number of hydrogen-bond donors (Lipinski definition) is 3. The highest BCUT2D eigenvalue weighted by Crippen LogP contribution is 2.24. The van der Waals surface area contributed by atoms with Crippen LogP contribution in [-0.2, 0) is 9.59 Å². The second-order valence-corrected chi connectivity index (χ2v) is 8.16. The van der Waals surface area contributed by atoms with Gasteiger partial charge >= 0.3 is 0 Å². The lowest BCUT2D eigenvalue weighted by molar-refractivity contribution is -0.119. The Kier molecular flexibility index (Phi) is 6.83. The van der Waals surface area contributed by atoms with Crippen molar-refractivity contribution in [3.05, 3.63) is 60.8 Å². The van der Waals surface area contributed by atoms with Crippen LogP contribution >= 0.6 is 0 Å². The molecule has 0 bridgehead atoms. The predicted octanol–water partition coefficient (Wildman–Crippen LogP) is 3.95. The second kappa shape index (κ2) is 10.1. The summed E-state index contributed by atoms with van der Waals surface area (Å²) < 4.78 is 0. The smallest absolute Gasteiger partial charge is 0.227 e. The minimum absolute atomic E-state index is 0.0390. The lowest BCUT2D eigenvalue weighted by Crippen LogP contribution is -2.44. The Bertz CT molecular complexity index is 1110. The first kappa shape index (κ1) is 22.3. The van der Waals surface area contributed by atoms with Crippen LogP contribution in [0.3, 0.4) is 0 Å². The summed E-state index contributed by atoms with van der Waals surface area (Å²) in [6.07, 6.45) is 3.62. The standard InChI is InChI=1S/C25H28N6O2/c1-17(32)27-20-5-3-19(4-6-20)24-11-14-26-25(30-24)29-21-7-9-23(10-8-21)31-15-12-22(13-16-31)28-18(2)33/h3-11,14,22H,12-13,15-16H2,1-2H3,(H,27,32)(H,28,33)(H,26,29,30). The Morgan fingerprint density at radius 2 is 1.55 bits per heavy atom. The lowest BCUT2D eigenvalue weighted by Gasteiger charge is -2.33. The lowest BCUT2D eigenvalue weighted by atomic mass is 10.0. The number of carbonyl (C=O) groups excluding carboxylic acids is 2. The van der Waals surface area contributed by atoms with E-state index in [4.69, 9.17) is 0 Å². The Labute approximate surface area is 193 Å². The molecule has 8 heteroatoms. The summed E-state index contributed by atoms with van der Waals surface area (Å²) in [7, 11) is 0. The third-order valence-electron chi connectivity index (χ3n) is 5.55. The van der Waals surface area contributed by atoms with Gasteiger partial charge in [0.1, 0.15) is 0 Å². The van der Waals surface area contributed by atoms with Crippen LogP contribution in [0.15, 0.2) is 60.8 Å². The Hall–Kier alpha value is -3.94. The fraction of sp³-hybridized carbons (Fsp3) is 0.280. The number of benzene rings is 2. The molecule has 2 aromatic carbocycles. The van der Waals surface area contributed by atoms with Gasteiger partial charge in [-0.15, -0.1) is 0 Å². The maximum atomic E-state index is 11.2. The number of nitrogens with one attached hydrogen (secondary N) is 3. The minimum Gasteiger partial charge on any atom is -0.371 e. The highest BCUT2D eigenvalue weighted by molar-refractivity contribution is 5.88. The van der Waals surface area contributed by atoms with Crippen molar-refractivity contribution >= 4 is 34.8 Å². The van der Waals surface area contributed by atoms with Gasteiger partial charge in [0.05, 0.1) is 5.69 Å². The fourth-order valence-corrected chi connectivity index (χ4v) is 3.96. The molecule has 3 N–H and O–H groups in total. The Morgan fingerprint density at radius 3 is 2.18 bits per heavy atom. The molecule has 2 amide bonds. The third kappa shape index (κ3) is 6.06. The van der Waals surface area contributed by atoms with Crippen molar-refractivity contribution in [2.24, 2.45) is 0 Å². The van der Waals surface area contributed by atoms with E-state index in [1.54, 1.807) is 13.1 Å². The third-order valence-corrected chi connectivity index (χ3v) is 5.55. The van der Waals surface area contributed by atoms with Crippen LogP contribution in [0.2, 0.25) is 0 Å². The SMILES string of the molecule is CC(=O)Nc1ccc(-c2ccnc(Nc3ccc(N4CCC(NC(C)=O)CC4)cc3)n2)cc1. The minimum atomic E-state index is -0.100. The van der Waals surface area contributed by atoms with E-state index in [0.717, 1.165) is 54.3 Å². The molecule has 2 heterocycles. The van der Waals surface area contributed by atoms with E-state index in [2.05, 4.69) is 43.0 Å². The predicted molar refractivity (Wildman–Crippen MR) is 131 cm³/mol. The van der Waals surface area contributed by atoms with Gasteiger partial charge in [-0.05, 0) is 55.3 Å². The van der Waals surface area contributed by atoms with Crippen molar-refractivity contribution in [2.75, 3.05) is 28.6 Å². The zero-order valence-electron chi connectivity index (χ0n) is 18.8. The maximum absolute atomic E-state index is 11.2. The molecule has 1 saturated heterocycles. The zero-order valence-corrected chi connectivity index (χ0v) is 18.8. The van der Waals surface area contributed by atoms with Gasteiger partial charge in [0.15, 0.2) is 0 Å². The summed E-state index contributed by atoms with van der Waals surface area (Å²) in [5.41, 5.74) is 4.55. The van der Waals surface area contributed by atoms with Gasteiger partial charge in [0.2, 0.25) is 17.8 Å². The van der Waals surface area contributed by atoms with Crippen LogP contribution in [0.1, 0.15) is 26.7 Å². The Morgan fingerprint density at radius 1 is 0.879 bits per heavy atom. The second-order valence-electron chi connectivity index (χ2n) is 8.16. The normalized spacial score (nSPS) is 13.9. The summed E-state index contributed by atoms with van der Waals surface area (Å²) in [5.74, 6) is 0.455.